The average Bonchev–Trinajstić information content (AvgIpc) is 2.98. The standard InChI is InChI=1S/C20H22N2O2S.ClH/c1-24-18-7-3-5-14(9-18)13-4-2-6-15(8-13)20-11-17(23)10-16(20)12-25-19(21)22-20;/h2-9,16-17,23H,10-12H2,1H3,(H2,21,22);1H/t16-,17+,20+;/m0./s1. The lowest BCUT2D eigenvalue weighted by Crippen LogP contribution is -2.36. The Labute approximate surface area is 164 Å². The van der Waals surface area contributed by atoms with Gasteiger partial charge < -0.3 is 15.6 Å². The van der Waals surface area contributed by atoms with Gasteiger partial charge in [-0.1, -0.05) is 42.1 Å². The Morgan fingerprint density at radius 2 is 1.92 bits per heavy atom. The number of aliphatic imine (C=N–C) groups is 1. The molecule has 0 radical (unpaired) electrons. The lowest BCUT2D eigenvalue weighted by molar-refractivity contribution is 0.173. The molecule has 4 nitrogen and oxygen atoms in total. The molecule has 2 aromatic rings. The van der Waals surface area contributed by atoms with Crippen molar-refractivity contribution in [3.05, 3.63) is 54.1 Å². The van der Waals surface area contributed by atoms with Crippen LogP contribution in [0.3, 0.4) is 0 Å². The van der Waals surface area contributed by atoms with Gasteiger partial charge in [0.2, 0.25) is 0 Å². The van der Waals surface area contributed by atoms with Crippen LogP contribution in [0.5, 0.6) is 5.75 Å². The summed E-state index contributed by atoms with van der Waals surface area (Å²) in [5, 5.41) is 10.9. The number of aliphatic hydroxyl groups excluding tert-OH is 1. The molecule has 0 saturated heterocycles. The van der Waals surface area contributed by atoms with E-state index in [1.165, 1.54) is 0 Å². The van der Waals surface area contributed by atoms with Gasteiger partial charge in [0, 0.05) is 18.1 Å². The van der Waals surface area contributed by atoms with Gasteiger partial charge in [0.1, 0.15) is 5.75 Å². The molecule has 1 aliphatic carbocycles. The minimum Gasteiger partial charge on any atom is -0.497 e. The summed E-state index contributed by atoms with van der Waals surface area (Å²) in [6, 6.07) is 16.5. The maximum Gasteiger partial charge on any atom is 0.154 e. The summed E-state index contributed by atoms with van der Waals surface area (Å²) in [5.74, 6) is 2.07. The van der Waals surface area contributed by atoms with E-state index in [1.54, 1.807) is 18.9 Å². The lowest BCUT2D eigenvalue weighted by Gasteiger charge is -2.35. The highest BCUT2D eigenvalue weighted by molar-refractivity contribution is 8.13. The molecule has 4 rings (SSSR count). The summed E-state index contributed by atoms with van der Waals surface area (Å²) in [5.41, 5.74) is 9.03. The molecule has 0 unspecified atom stereocenters. The molecule has 1 heterocycles. The molecule has 2 aromatic carbocycles. The van der Waals surface area contributed by atoms with Crippen LogP contribution in [0.25, 0.3) is 11.1 Å². The van der Waals surface area contributed by atoms with Gasteiger partial charge in [-0.25, -0.2) is 0 Å². The number of hydrogen-bond acceptors (Lipinski definition) is 5. The van der Waals surface area contributed by atoms with Crippen molar-refractivity contribution in [2.24, 2.45) is 16.6 Å². The fourth-order valence-electron chi connectivity index (χ4n) is 4.08. The van der Waals surface area contributed by atoms with Crippen LogP contribution in [0.4, 0.5) is 0 Å². The van der Waals surface area contributed by atoms with Crippen molar-refractivity contribution in [3.63, 3.8) is 0 Å². The topological polar surface area (TPSA) is 67.8 Å². The Kier molecular flexibility index (Phi) is 5.51. The number of halogens is 1. The van der Waals surface area contributed by atoms with Crippen molar-refractivity contribution in [2.45, 2.75) is 24.5 Å². The number of ether oxygens (including phenoxy) is 1. The van der Waals surface area contributed by atoms with E-state index in [1.807, 2.05) is 18.2 Å². The maximum atomic E-state index is 10.3. The number of fused-ring (bicyclic) bond motifs is 1. The number of thioether (sulfide) groups is 1. The van der Waals surface area contributed by atoms with Crippen LogP contribution >= 0.6 is 24.2 Å². The summed E-state index contributed by atoms with van der Waals surface area (Å²) in [4.78, 5) is 4.84. The van der Waals surface area contributed by atoms with E-state index < -0.39 is 5.54 Å². The van der Waals surface area contributed by atoms with Gasteiger partial charge in [-0.15, -0.1) is 12.4 Å². The number of hydrogen-bond donors (Lipinski definition) is 2. The molecule has 3 atom stereocenters. The third-order valence-electron chi connectivity index (χ3n) is 5.29. The van der Waals surface area contributed by atoms with E-state index in [-0.39, 0.29) is 18.5 Å². The minimum absolute atomic E-state index is 0. The zero-order valence-electron chi connectivity index (χ0n) is 14.6. The molecular formula is C20H23ClN2O2S. The second kappa shape index (κ2) is 7.51. The van der Waals surface area contributed by atoms with Gasteiger partial charge in [-0.2, -0.15) is 0 Å². The third-order valence-corrected chi connectivity index (χ3v) is 6.24. The first kappa shape index (κ1) is 19.1. The zero-order valence-corrected chi connectivity index (χ0v) is 16.2. The molecule has 0 amide bonds. The molecule has 6 heteroatoms. The molecule has 26 heavy (non-hydrogen) atoms. The molecule has 138 valence electrons. The normalized spacial score (nSPS) is 27.2. The maximum absolute atomic E-state index is 10.3. The van der Waals surface area contributed by atoms with Crippen LogP contribution in [-0.4, -0.2) is 29.2 Å². The monoisotopic (exact) mass is 390 g/mol. The number of aliphatic hydroxyl groups is 1. The van der Waals surface area contributed by atoms with E-state index >= 15 is 0 Å². The van der Waals surface area contributed by atoms with Crippen LogP contribution < -0.4 is 10.5 Å². The first-order valence-corrected chi connectivity index (χ1v) is 9.50. The van der Waals surface area contributed by atoms with Gasteiger partial charge in [0.15, 0.2) is 5.17 Å². The Balaban J connectivity index is 0.00000196. The predicted octanol–water partition coefficient (Wildman–Crippen LogP) is 3.81. The molecular weight excluding hydrogens is 368 g/mol. The van der Waals surface area contributed by atoms with Crippen LogP contribution in [-0.2, 0) is 5.54 Å². The van der Waals surface area contributed by atoms with Gasteiger partial charge in [-0.3, -0.25) is 4.99 Å². The molecule has 0 spiro atoms. The van der Waals surface area contributed by atoms with Crippen molar-refractivity contribution in [3.8, 4) is 16.9 Å². The van der Waals surface area contributed by atoms with Crippen molar-refractivity contribution >= 4 is 29.3 Å². The van der Waals surface area contributed by atoms with Gasteiger partial charge in [0.05, 0.1) is 18.8 Å². The molecule has 1 fully saturated rings. The summed E-state index contributed by atoms with van der Waals surface area (Å²) < 4.78 is 5.34. The Bertz CT molecular complexity index is 829. The summed E-state index contributed by atoms with van der Waals surface area (Å²) >= 11 is 1.60. The Morgan fingerprint density at radius 3 is 2.69 bits per heavy atom. The van der Waals surface area contributed by atoms with E-state index in [2.05, 4.69) is 30.3 Å². The molecule has 0 aromatic heterocycles. The van der Waals surface area contributed by atoms with Crippen molar-refractivity contribution in [1.29, 1.82) is 0 Å². The van der Waals surface area contributed by atoms with Gasteiger partial charge in [-0.05, 0) is 41.3 Å². The largest absolute Gasteiger partial charge is 0.497 e. The number of nitrogens with two attached hydrogens (primary N) is 1. The summed E-state index contributed by atoms with van der Waals surface area (Å²) in [7, 11) is 1.68. The van der Waals surface area contributed by atoms with Crippen LogP contribution in [0.2, 0.25) is 0 Å². The van der Waals surface area contributed by atoms with E-state index in [9.17, 15) is 5.11 Å². The van der Waals surface area contributed by atoms with E-state index in [0.29, 0.717) is 17.5 Å². The highest BCUT2D eigenvalue weighted by Crippen LogP contribution is 2.51. The molecule has 1 aliphatic heterocycles. The predicted molar refractivity (Wildman–Crippen MR) is 110 cm³/mol. The number of benzene rings is 2. The van der Waals surface area contributed by atoms with Crippen LogP contribution in [0.15, 0.2) is 53.5 Å². The van der Waals surface area contributed by atoms with Crippen LogP contribution in [0.1, 0.15) is 18.4 Å². The number of rotatable bonds is 3. The third kappa shape index (κ3) is 3.31. The van der Waals surface area contributed by atoms with Crippen LogP contribution in [0, 0.1) is 5.92 Å². The van der Waals surface area contributed by atoms with Crippen molar-refractivity contribution in [1.82, 2.24) is 0 Å². The van der Waals surface area contributed by atoms with E-state index in [0.717, 1.165) is 34.6 Å². The zero-order chi connectivity index (χ0) is 17.4. The summed E-state index contributed by atoms with van der Waals surface area (Å²) in [6.45, 7) is 0. The first-order valence-electron chi connectivity index (χ1n) is 8.52. The van der Waals surface area contributed by atoms with Crippen molar-refractivity contribution in [2.75, 3.05) is 12.9 Å². The number of amidine groups is 1. The van der Waals surface area contributed by atoms with Gasteiger partial charge in [0.25, 0.3) is 0 Å². The molecule has 1 saturated carbocycles. The highest BCUT2D eigenvalue weighted by atomic mass is 35.5. The Morgan fingerprint density at radius 1 is 1.19 bits per heavy atom. The number of methoxy groups -OCH3 is 1. The van der Waals surface area contributed by atoms with Gasteiger partial charge >= 0.3 is 0 Å². The smallest absolute Gasteiger partial charge is 0.154 e. The quantitative estimate of drug-likeness (QED) is 0.836. The van der Waals surface area contributed by atoms with Crippen molar-refractivity contribution < 1.29 is 9.84 Å². The highest BCUT2D eigenvalue weighted by Gasteiger charge is 2.50. The Hall–Kier alpha value is -1.69. The molecule has 3 N–H and O–H groups in total. The average molecular weight is 391 g/mol. The fraction of sp³-hybridized carbons (Fsp3) is 0.350. The minimum atomic E-state index is -0.399. The lowest BCUT2D eigenvalue weighted by atomic mass is 9.80. The second-order valence-electron chi connectivity index (χ2n) is 6.79. The molecule has 0 bridgehead atoms. The second-order valence-corrected chi connectivity index (χ2v) is 7.83. The summed E-state index contributed by atoms with van der Waals surface area (Å²) in [6.07, 6.45) is 1.11. The fourth-order valence-corrected chi connectivity index (χ4v) is 5.09. The SMILES string of the molecule is COc1cccc(-c2cccc([C@]34C[C@H](O)C[C@H]3CSC(N)=N4)c2)c1.Cl. The first-order chi connectivity index (χ1) is 12.1. The molecule has 2 aliphatic rings. The van der Waals surface area contributed by atoms with E-state index in [4.69, 9.17) is 15.5 Å². The number of nitrogens with zero attached hydrogens (tertiary/aromatic N) is 1.